The number of benzene rings is 1. The minimum absolute atomic E-state index is 0.0192. The SMILES string of the molecule is O=C1C[C@@H](C(=O)Nc2ccccc2)C2=C(C[C@H](c3ccco3)CC2=O)N1. The van der Waals surface area contributed by atoms with Gasteiger partial charge in [0.15, 0.2) is 5.78 Å². The summed E-state index contributed by atoms with van der Waals surface area (Å²) in [6.45, 7) is 0. The standard InChI is InChI=1S/C20H18N2O4/c23-16-10-12(17-7-4-8-26-17)9-15-19(16)14(11-18(24)22-15)20(25)21-13-5-2-1-3-6-13/h1-8,12,14H,9-11H2,(H,21,25)(H,22,24)/t12-,14+/m0/s1. The Morgan fingerprint density at radius 2 is 1.85 bits per heavy atom. The van der Waals surface area contributed by atoms with Gasteiger partial charge in [-0.3, -0.25) is 14.4 Å². The van der Waals surface area contributed by atoms with Gasteiger partial charge in [-0.05, 0) is 30.7 Å². The van der Waals surface area contributed by atoms with E-state index in [1.54, 1.807) is 24.5 Å². The van der Waals surface area contributed by atoms with Crippen LogP contribution in [0.2, 0.25) is 0 Å². The van der Waals surface area contributed by atoms with Crippen LogP contribution in [0.4, 0.5) is 5.69 Å². The number of ketones is 1. The molecule has 132 valence electrons. The van der Waals surface area contributed by atoms with Crippen molar-refractivity contribution in [3.05, 3.63) is 65.8 Å². The van der Waals surface area contributed by atoms with Crippen molar-refractivity contribution in [1.82, 2.24) is 5.32 Å². The zero-order chi connectivity index (χ0) is 18.1. The van der Waals surface area contributed by atoms with Gasteiger partial charge in [-0.25, -0.2) is 0 Å². The number of para-hydroxylation sites is 1. The molecule has 4 rings (SSSR count). The molecule has 0 spiro atoms. The second-order valence-corrected chi connectivity index (χ2v) is 6.60. The van der Waals surface area contributed by atoms with Crippen molar-refractivity contribution in [3.8, 4) is 0 Å². The van der Waals surface area contributed by atoms with E-state index in [1.165, 1.54) is 0 Å². The van der Waals surface area contributed by atoms with Crippen LogP contribution in [0.1, 0.15) is 30.9 Å². The molecule has 6 nitrogen and oxygen atoms in total. The van der Waals surface area contributed by atoms with E-state index >= 15 is 0 Å². The third-order valence-electron chi connectivity index (χ3n) is 4.84. The van der Waals surface area contributed by atoms with E-state index in [9.17, 15) is 14.4 Å². The topological polar surface area (TPSA) is 88.4 Å². The molecule has 1 aliphatic carbocycles. The quantitative estimate of drug-likeness (QED) is 0.891. The maximum atomic E-state index is 12.8. The number of Topliss-reactive ketones (excluding diaryl/α,β-unsaturated/α-hetero) is 1. The molecule has 0 radical (unpaired) electrons. The van der Waals surface area contributed by atoms with Crippen molar-refractivity contribution >= 4 is 23.3 Å². The fourth-order valence-electron chi connectivity index (χ4n) is 3.66. The number of allylic oxidation sites excluding steroid dienone is 1. The van der Waals surface area contributed by atoms with Gasteiger partial charge in [-0.15, -0.1) is 0 Å². The van der Waals surface area contributed by atoms with Gasteiger partial charge >= 0.3 is 0 Å². The predicted molar refractivity (Wildman–Crippen MR) is 94.0 cm³/mol. The summed E-state index contributed by atoms with van der Waals surface area (Å²) in [5, 5.41) is 5.59. The maximum Gasteiger partial charge on any atom is 0.232 e. The van der Waals surface area contributed by atoms with Gasteiger partial charge in [-0.1, -0.05) is 18.2 Å². The zero-order valence-corrected chi connectivity index (χ0v) is 14.0. The van der Waals surface area contributed by atoms with Crippen LogP contribution in [0.3, 0.4) is 0 Å². The number of furan rings is 1. The minimum Gasteiger partial charge on any atom is -0.469 e. The molecule has 2 heterocycles. The molecule has 0 saturated heterocycles. The Bertz CT molecular complexity index is 884. The Morgan fingerprint density at radius 1 is 1.04 bits per heavy atom. The Kier molecular flexibility index (Phi) is 4.16. The Hall–Kier alpha value is -3.15. The second-order valence-electron chi connectivity index (χ2n) is 6.60. The van der Waals surface area contributed by atoms with Crippen molar-refractivity contribution in [2.75, 3.05) is 5.32 Å². The van der Waals surface area contributed by atoms with Crippen molar-refractivity contribution in [1.29, 1.82) is 0 Å². The average Bonchev–Trinajstić information content (AvgIpc) is 3.16. The Labute approximate surface area is 150 Å². The number of hydrogen-bond acceptors (Lipinski definition) is 4. The minimum atomic E-state index is -0.760. The van der Waals surface area contributed by atoms with Crippen LogP contribution in [0.15, 0.2) is 64.4 Å². The van der Waals surface area contributed by atoms with Crippen molar-refractivity contribution in [2.45, 2.75) is 25.2 Å². The molecule has 2 aromatic rings. The molecular formula is C20H18N2O4. The largest absolute Gasteiger partial charge is 0.469 e. The van der Waals surface area contributed by atoms with E-state index in [0.29, 0.717) is 23.4 Å². The van der Waals surface area contributed by atoms with Gasteiger partial charge in [0.25, 0.3) is 0 Å². The lowest BCUT2D eigenvalue weighted by atomic mass is 9.76. The van der Waals surface area contributed by atoms with Crippen molar-refractivity contribution in [2.24, 2.45) is 5.92 Å². The first kappa shape index (κ1) is 16.3. The summed E-state index contributed by atoms with van der Waals surface area (Å²) in [6.07, 6.45) is 2.31. The van der Waals surface area contributed by atoms with Crippen LogP contribution >= 0.6 is 0 Å². The molecule has 2 N–H and O–H groups in total. The first-order chi connectivity index (χ1) is 12.6. The third kappa shape index (κ3) is 3.06. The van der Waals surface area contributed by atoms with Crippen LogP contribution in [0.25, 0.3) is 0 Å². The van der Waals surface area contributed by atoms with E-state index in [0.717, 1.165) is 5.76 Å². The molecule has 2 amide bonds. The lowest BCUT2D eigenvalue weighted by Gasteiger charge is -2.32. The van der Waals surface area contributed by atoms with Gasteiger partial charge < -0.3 is 15.1 Å². The molecule has 6 heteroatoms. The summed E-state index contributed by atoms with van der Waals surface area (Å²) in [7, 11) is 0. The van der Waals surface area contributed by atoms with E-state index in [1.807, 2.05) is 24.3 Å². The molecular weight excluding hydrogens is 332 g/mol. The molecule has 1 aliphatic heterocycles. The van der Waals surface area contributed by atoms with Crippen LogP contribution in [-0.2, 0) is 14.4 Å². The third-order valence-corrected chi connectivity index (χ3v) is 4.84. The monoisotopic (exact) mass is 350 g/mol. The number of hydrogen-bond donors (Lipinski definition) is 2. The second kappa shape index (κ2) is 6.63. The lowest BCUT2D eigenvalue weighted by Crippen LogP contribution is -2.43. The summed E-state index contributed by atoms with van der Waals surface area (Å²) in [4.78, 5) is 37.6. The van der Waals surface area contributed by atoms with Gasteiger partial charge in [0.05, 0.1) is 12.2 Å². The van der Waals surface area contributed by atoms with Crippen LogP contribution in [0.5, 0.6) is 0 Å². The summed E-state index contributed by atoms with van der Waals surface area (Å²) in [5.41, 5.74) is 1.62. The van der Waals surface area contributed by atoms with Crippen LogP contribution in [-0.4, -0.2) is 17.6 Å². The van der Waals surface area contributed by atoms with Crippen molar-refractivity contribution < 1.29 is 18.8 Å². The molecule has 0 unspecified atom stereocenters. The summed E-state index contributed by atoms with van der Waals surface area (Å²) in [6, 6.07) is 12.6. The van der Waals surface area contributed by atoms with E-state index in [4.69, 9.17) is 4.42 Å². The highest BCUT2D eigenvalue weighted by molar-refractivity contribution is 6.09. The maximum absolute atomic E-state index is 12.8. The molecule has 0 fully saturated rings. The molecule has 0 bridgehead atoms. The summed E-state index contributed by atoms with van der Waals surface area (Å²) >= 11 is 0. The highest BCUT2D eigenvalue weighted by Crippen LogP contribution is 2.39. The average molecular weight is 350 g/mol. The molecule has 2 atom stereocenters. The number of amides is 2. The fourth-order valence-corrected chi connectivity index (χ4v) is 3.66. The van der Waals surface area contributed by atoms with Gasteiger partial charge in [0, 0.05) is 35.7 Å². The van der Waals surface area contributed by atoms with Crippen molar-refractivity contribution in [3.63, 3.8) is 0 Å². The Morgan fingerprint density at radius 3 is 2.58 bits per heavy atom. The number of anilines is 1. The van der Waals surface area contributed by atoms with Crippen LogP contribution < -0.4 is 10.6 Å². The molecule has 2 aliphatic rings. The number of carbonyl (C=O) groups is 3. The van der Waals surface area contributed by atoms with Gasteiger partial charge in [0.2, 0.25) is 11.8 Å². The number of carbonyl (C=O) groups excluding carboxylic acids is 3. The van der Waals surface area contributed by atoms with Gasteiger partial charge in [-0.2, -0.15) is 0 Å². The molecule has 1 aromatic heterocycles. The number of nitrogens with one attached hydrogen (secondary N) is 2. The summed E-state index contributed by atoms with van der Waals surface area (Å²) in [5.74, 6) is -0.847. The van der Waals surface area contributed by atoms with Crippen LogP contribution in [0, 0.1) is 5.92 Å². The molecule has 26 heavy (non-hydrogen) atoms. The van der Waals surface area contributed by atoms with E-state index < -0.39 is 5.92 Å². The van der Waals surface area contributed by atoms with Gasteiger partial charge in [0.1, 0.15) is 5.76 Å². The number of rotatable bonds is 3. The highest BCUT2D eigenvalue weighted by Gasteiger charge is 2.41. The highest BCUT2D eigenvalue weighted by atomic mass is 16.3. The normalized spacial score (nSPS) is 22.6. The fraction of sp³-hybridized carbons (Fsp3) is 0.250. The van der Waals surface area contributed by atoms with E-state index in [-0.39, 0.29) is 36.4 Å². The first-order valence-electron chi connectivity index (χ1n) is 8.57. The van der Waals surface area contributed by atoms with E-state index in [2.05, 4.69) is 10.6 Å². The Balaban J connectivity index is 1.61. The zero-order valence-electron chi connectivity index (χ0n) is 14.0. The molecule has 0 saturated carbocycles. The first-order valence-corrected chi connectivity index (χ1v) is 8.57. The lowest BCUT2D eigenvalue weighted by molar-refractivity contribution is -0.129. The summed E-state index contributed by atoms with van der Waals surface area (Å²) < 4.78 is 5.41. The predicted octanol–water partition coefficient (Wildman–Crippen LogP) is 2.76. The smallest absolute Gasteiger partial charge is 0.232 e. The molecule has 1 aromatic carbocycles.